The van der Waals surface area contributed by atoms with E-state index in [1.165, 1.54) is 25.9 Å². The van der Waals surface area contributed by atoms with E-state index in [2.05, 4.69) is 10.3 Å². The second-order valence-electron chi connectivity index (χ2n) is 4.49. The number of amides is 1. The maximum atomic E-state index is 12.0. The summed E-state index contributed by atoms with van der Waals surface area (Å²) in [6, 6.07) is -0.489. The van der Waals surface area contributed by atoms with Gasteiger partial charge in [0.25, 0.3) is 5.91 Å². The summed E-state index contributed by atoms with van der Waals surface area (Å²) in [7, 11) is 2.76. The molecule has 9 heteroatoms. The van der Waals surface area contributed by atoms with Crippen LogP contribution in [0.1, 0.15) is 6.92 Å². The summed E-state index contributed by atoms with van der Waals surface area (Å²) in [6.45, 7) is 2.49. The summed E-state index contributed by atoms with van der Waals surface area (Å²) in [5.74, 6) is -0.543. The number of carbonyl (C=O) groups excluding carboxylic acids is 1. The molecule has 0 bridgehead atoms. The number of nitrogens with zero attached hydrogens (tertiary/aromatic N) is 2. The van der Waals surface area contributed by atoms with Crippen molar-refractivity contribution in [3.63, 3.8) is 0 Å². The first-order chi connectivity index (χ1) is 9.49. The molecule has 0 aliphatic carbocycles. The molecule has 2 rings (SSSR count). The molecule has 5 unspecified atom stereocenters. The van der Waals surface area contributed by atoms with Gasteiger partial charge in [0, 0.05) is 13.6 Å². The van der Waals surface area contributed by atoms with E-state index in [-0.39, 0.29) is 0 Å². The smallest absolute Gasteiger partial charge is 0.277 e. The van der Waals surface area contributed by atoms with E-state index < -0.39 is 35.7 Å². The lowest BCUT2D eigenvalue weighted by atomic mass is 9.97. The van der Waals surface area contributed by atoms with Crippen molar-refractivity contribution in [2.45, 2.75) is 36.7 Å². The van der Waals surface area contributed by atoms with Gasteiger partial charge in [-0.25, -0.2) is 5.06 Å². The van der Waals surface area contributed by atoms with Crippen LogP contribution in [0.4, 0.5) is 0 Å². The highest BCUT2D eigenvalue weighted by molar-refractivity contribution is 8.14. The standard InChI is InChI=1S/C11H19N3O5S/c1-4-12-11-13-5-6(15)7(16)8(19-10(5)20-11)9(17)14(2)18-3/h5-8,10,15-16H,4H2,1-3H3,(H,12,13). The average Bonchev–Trinajstić information content (AvgIpc) is 2.84. The lowest BCUT2D eigenvalue weighted by Gasteiger charge is -2.38. The number of hydrogen-bond donors (Lipinski definition) is 3. The van der Waals surface area contributed by atoms with Gasteiger partial charge in [0.1, 0.15) is 17.6 Å². The Kier molecular flexibility index (Phi) is 4.86. The third-order valence-electron chi connectivity index (χ3n) is 3.25. The molecule has 0 aromatic carbocycles. The highest BCUT2D eigenvalue weighted by atomic mass is 32.2. The quantitative estimate of drug-likeness (QED) is 0.547. The SMILES string of the molecule is CCN=C1NC2C(OC(C(=O)N(C)OC)C(O)C2O)S1. The lowest BCUT2D eigenvalue weighted by Crippen LogP contribution is -2.62. The monoisotopic (exact) mass is 305 g/mol. The minimum Gasteiger partial charge on any atom is -0.388 e. The van der Waals surface area contributed by atoms with E-state index >= 15 is 0 Å². The molecule has 2 aliphatic heterocycles. The van der Waals surface area contributed by atoms with Crippen LogP contribution < -0.4 is 5.32 Å². The number of rotatable bonds is 3. The molecule has 20 heavy (non-hydrogen) atoms. The third-order valence-corrected chi connectivity index (χ3v) is 4.36. The van der Waals surface area contributed by atoms with Gasteiger partial charge in [0.05, 0.1) is 13.2 Å². The van der Waals surface area contributed by atoms with Gasteiger partial charge in [0.15, 0.2) is 11.3 Å². The van der Waals surface area contributed by atoms with Crippen molar-refractivity contribution in [1.29, 1.82) is 0 Å². The number of fused-ring (bicyclic) bond motifs is 1. The summed E-state index contributed by atoms with van der Waals surface area (Å²) in [6.07, 6.45) is -3.60. The van der Waals surface area contributed by atoms with Crippen molar-refractivity contribution < 1.29 is 24.6 Å². The van der Waals surface area contributed by atoms with Crippen LogP contribution in [-0.2, 0) is 14.4 Å². The van der Waals surface area contributed by atoms with Crippen LogP contribution in [0.25, 0.3) is 0 Å². The van der Waals surface area contributed by atoms with E-state index in [9.17, 15) is 15.0 Å². The fourth-order valence-corrected chi connectivity index (χ4v) is 3.28. The molecule has 5 atom stereocenters. The van der Waals surface area contributed by atoms with Crippen LogP contribution in [0.15, 0.2) is 4.99 Å². The first kappa shape index (κ1) is 15.5. The zero-order valence-electron chi connectivity index (χ0n) is 11.5. The highest BCUT2D eigenvalue weighted by Crippen LogP contribution is 2.34. The molecule has 2 saturated heterocycles. The number of aliphatic imine (C=N–C) groups is 1. The second-order valence-corrected chi connectivity index (χ2v) is 5.58. The number of carbonyl (C=O) groups is 1. The number of likely N-dealkylation sites (N-methyl/N-ethyl adjacent to an activating group) is 1. The van der Waals surface area contributed by atoms with Crippen LogP contribution in [-0.4, -0.2) is 76.8 Å². The van der Waals surface area contributed by atoms with Gasteiger partial charge in [-0.2, -0.15) is 0 Å². The Labute approximate surface area is 121 Å². The number of aliphatic hydroxyl groups excluding tert-OH is 2. The average molecular weight is 305 g/mol. The van der Waals surface area contributed by atoms with Crippen molar-refractivity contribution in [2.75, 3.05) is 20.7 Å². The fourth-order valence-electron chi connectivity index (χ4n) is 2.10. The number of nitrogens with one attached hydrogen (secondary N) is 1. The van der Waals surface area contributed by atoms with E-state index in [4.69, 9.17) is 9.57 Å². The molecule has 0 aromatic rings. The van der Waals surface area contributed by atoms with Crippen molar-refractivity contribution in [3.05, 3.63) is 0 Å². The predicted octanol–water partition coefficient (Wildman–Crippen LogP) is -1.47. The predicted molar refractivity (Wildman–Crippen MR) is 72.9 cm³/mol. The number of thioether (sulfide) groups is 1. The van der Waals surface area contributed by atoms with E-state index in [1.807, 2.05) is 6.92 Å². The van der Waals surface area contributed by atoms with Crippen molar-refractivity contribution in [2.24, 2.45) is 4.99 Å². The summed E-state index contributed by atoms with van der Waals surface area (Å²) in [5.41, 5.74) is -0.474. The lowest BCUT2D eigenvalue weighted by molar-refractivity contribution is -0.206. The maximum absolute atomic E-state index is 12.0. The Morgan fingerprint density at radius 2 is 2.25 bits per heavy atom. The maximum Gasteiger partial charge on any atom is 0.277 e. The number of amidine groups is 1. The van der Waals surface area contributed by atoms with Crippen LogP contribution in [0.2, 0.25) is 0 Å². The van der Waals surface area contributed by atoms with Crippen LogP contribution in [0, 0.1) is 0 Å². The van der Waals surface area contributed by atoms with Gasteiger partial charge < -0.3 is 20.3 Å². The summed E-state index contributed by atoms with van der Waals surface area (Å²) in [5, 5.41) is 24.8. The minimum atomic E-state index is -1.32. The molecular formula is C11H19N3O5S. The normalized spacial score (nSPS) is 38.5. The second kappa shape index (κ2) is 6.27. The molecule has 2 heterocycles. The summed E-state index contributed by atoms with van der Waals surface area (Å²) >= 11 is 1.30. The molecule has 1 amide bonds. The molecule has 8 nitrogen and oxygen atoms in total. The largest absolute Gasteiger partial charge is 0.388 e. The molecule has 0 radical (unpaired) electrons. The first-order valence-corrected chi connectivity index (χ1v) is 7.18. The van der Waals surface area contributed by atoms with Gasteiger partial charge in [-0.05, 0) is 6.92 Å². The summed E-state index contributed by atoms with van der Waals surface area (Å²) < 4.78 is 5.59. The molecular weight excluding hydrogens is 286 g/mol. The molecule has 0 spiro atoms. The van der Waals surface area contributed by atoms with Gasteiger partial charge in [-0.3, -0.25) is 14.6 Å². The van der Waals surface area contributed by atoms with Crippen molar-refractivity contribution in [3.8, 4) is 0 Å². The summed E-state index contributed by atoms with van der Waals surface area (Å²) in [4.78, 5) is 21.0. The molecule has 114 valence electrons. The fraction of sp³-hybridized carbons (Fsp3) is 0.818. The number of hydrogen-bond acceptors (Lipinski definition) is 7. The first-order valence-electron chi connectivity index (χ1n) is 6.30. The van der Waals surface area contributed by atoms with Gasteiger partial charge in [-0.15, -0.1) is 0 Å². The van der Waals surface area contributed by atoms with E-state index in [0.29, 0.717) is 11.7 Å². The number of ether oxygens (including phenoxy) is 1. The zero-order chi connectivity index (χ0) is 14.9. The van der Waals surface area contributed by atoms with Crippen LogP contribution >= 0.6 is 11.8 Å². The van der Waals surface area contributed by atoms with Gasteiger partial charge in [0.2, 0.25) is 0 Å². The van der Waals surface area contributed by atoms with E-state index in [1.54, 1.807) is 0 Å². The zero-order valence-corrected chi connectivity index (χ0v) is 12.3. The molecule has 0 aromatic heterocycles. The van der Waals surface area contributed by atoms with Gasteiger partial charge in [-0.1, -0.05) is 11.8 Å². The van der Waals surface area contributed by atoms with E-state index in [0.717, 1.165) is 5.06 Å². The molecule has 3 N–H and O–H groups in total. The third kappa shape index (κ3) is 2.77. The van der Waals surface area contributed by atoms with Crippen molar-refractivity contribution >= 4 is 22.8 Å². The Bertz CT molecular complexity index is 408. The number of hydroxylamine groups is 2. The van der Waals surface area contributed by atoms with Crippen LogP contribution in [0.3, 0.4) is 0 Å². The highest BCUT2D eigenvalue weighted by Gasteiger charge is 2.51. The van der Waals surface area contributed by atoms with Crippen molar-refractivity contribution in [1.82, 2.24) is 10.4 Å². The molecule has 2 fully saturated rings. The molecule has 2 aliphatic rings. The van der Waals surface area contributed by atoms with Crippen LogP contribution in [0.5, 0.6) is 0 Å². The minimum absolute atomic E-state index is 0.474. The Balaban J connectivity index is 2.13. The Morgan fingerprint density at radius 1 is 1.55 bits per heavy atom. The molecule has 0 saturated carbocycles. The van der Waals surface area contributed by atoms with Gasteiger partial charge >= 0.3 is 0 Å². The Hall–Kier alpha value is -0.870. The topological polar surface area (TPSA) is 104 Å². The number of aliphatic hydroxyl groups is 2. The Morgan fingerprint density at radius 3 is 2.85 bits per heavy atom.